The molecule has 1 amide bonds. The molecular weight excluding hydrogens is 397 g/mol. The van der Waals surface area contributed by atoms with Crippen LogP contribution in [0, 0.1) is 11.8 Å². The highest BCUT2D eigenvalue weighted by molar-refractivity contribution is 6.44. The Morgan fingerprint density at radius 2 is 1.79 bits per heavy atom. The molecule has 2 aliphatic rings. The van der Waals surface area contributed by atoms with E-state index in [0.29, 0.717) is 33.8 Å². The topological polar surface area (TPSA) is 121 Å². The molecule has 6 nitrogen and oxygen atoms in total. The Balaban J connectivity index is 1.78. The van der Waals surface area contributed by atoms with Crippen molar-refractivity contribution < 1.29 is 4.79 Å². The van der Waals surface area contributed by atoms with Crippen LogP contribution < -0.4 is 17.2 Å². The number of carbonyl (C=O) groups is 1. The molecule has 1 aromatic heterocycles. The van der Waals surface area contributed by atoms with E-state index in [1.165, 1.54) is 6.42 Å². The molecule has 0 spiro atoms. The van der Waals surface area contributed by atoms with Crippen LogP contribution in [0.1, 0.15) is 54.3 Å². The molecule has 0 radical (unpaired) electrons. The van der Waals surface area contributed by atoms with Crippen molar-refractivity contribution in [2.45, 2.75) is 44.1 Å². The maximum absolute atomic E-state index is 12.2. The van der Waals surface area contributed by atoms with Gasteiger partial charge in [-0.1, -0.05) is 41.8 Å². The van der Waals surface area contributed by atoms with Gasteiger partial charge in [-0.25, -0.2) is 9.97 Å². The van der Waals surface area contributed by atoms with E-state index >= 15 is 0 Å². The predicted molar refractivity (Wildman–Crippen MR) is 111 cm³/mol. The second-order valence-corrected chi connectivity index (χ2v) is 8.64. The van der Waals surface area contributed by atoms with Crippen molar-refractivity contribution in [3.63, 3.8) is 0 Å². The Bertz CT molecular complexity index is 921. The molecule has 1 aromatic carbocycles. The van der Waals surface area contributed by atoms with Crippen LogP contribution >= 0.6 is 23.2 Å². The number of benzene rings is 1. The van der Waals surface area contributed by atoms with Crippen LogP contribution in [0.15, 0.2) is 18.2 Å². The van der Waals surface area contributed by atoms with E-state index in [1.807, 2.05) is 0 Å². The molecule has 8 heteroatoms. The van der Waals surface area contributed by atoms with Gasteiger partial charge in [0, 0.05) is 17.5 Å². The Kier molecular flexibility index (Phi) is 5.21. The van der Waals surface area contributed by atoms with Gasteiger partial charge in [0.1, 0.15) is 17.3 Å². The fourth-order valence-electron chi connectivity index (χ4n) is 4.82. The van der Waals surface area contributed by atoms with Gasteiger partial charge in [0.2, 0.25) is 0 Å². The smallest absolute Gasteiger partial charge is 0.268 e. The molecule has 4 rings (SSSR count). The quantitative estimate of drug-likeness (QED) is 0.698. The highest BCUT2D eigenvalue weighted by Crippen LogP contribution is 2.46. The molecular formula is C20H23Cl2N5O. The van der Waals surface area contributed by atoms with Crippen LogP contribution in [-0.4, -0.2) is 21.9 Å². The lowest BCUT2D eigenvalue weighted by molar-refractivity contribution is 0.0994. The van der Waals surface area contributed by atoms with Crippen LogP contribution in [0.4, 0.5) is 5.82 Å². The normalized spacial score (nSPS) is 26.8. The van der Waals surface area contributed by atoms with E-state index < -0.39 is 5.91 Å². The van der Waals surface area contributed by atoms with Crippen molar-refractivity contribution >= 4 is 34.9 Å². The third kappa shape index (κ3) is 3.34. The van der Waals surface area contributed by atoms with Crippen molar-refractivity contribution in [2.75, 3.05) is 5.73 Å². The number of hydrogen-bond acceptors (Lipinski definition) is 5. The van der Waals surface area contributed by atoms with Crippen molar-refractivity contribution in [3.8, 4) is 11.1 Å². The fraction of sp³-hybridized carbons (Fsp3) is 0.450. The van der Waals surface area contributed by atoms with Crippen molar-refractivity contribution in [1.29, 1.82) is 0 Å². The number of anilines is 1. The first kappa shape index (κ1) is 19.4. The van der Waals surface area contributed by atoms with Gasteiger partial charge in [-0.15, -0.1) is 0 Å². The van der Waals surface area contributed by atoms with E-state index in [9.17, 15) is 4.79 Å². The number of nitrogens with zero attached hydrogens (tertiary/aromatic N) is 2. The maximum Gasteiger partial charge on any atom is 0.268 e. The Morgan fingerprint density at radius 3 is 2.43 bits per heavy atom. The summed E-state index contributed by atoms with van der Waals surface area (Å²) < 4.78 is 0. The van der Waals surface area contributed by atoms with Gasteiger partial charge >= 0.3 is 0 Å². The summed E-state index contributed by atoms with van der Waals surface area (Å²) in [5, 5.41) is 0.639. The molecule has 148 valence electrons. The van der Waals surface area contributed by atoms with Crippen LogP contribution in [-0.2, 0) is 0 Å². The minimum atomic E-state index is -0.672. The molecule has 2 saturated carbocycles. The number of carbonyl (C=O) groups excluding carboxylic acids is 1. The van der Waals surface area contributed by atoms with Crippen molar-refractivity contribution in [2.24, 2.45) is 23.3 Å². The van der Waals surface area contributed by atoms with E-state index in [1.54, 1.807) is 18.2 Å². The fourth-order valence-corrected chi connectivity index (χ4v) is 5.21. The third-order valence-corrected chi connectivity index (χ3v) is 7.01. The van der Waals surface area contributed by atoms with Gasteiger partial charge < -0.3 is 17.2 Å². The first-order chi connectivity index (χ1) is 13.4. The molecule has 2 aromatic rings. The monoisotopic (exact) mass is 419 g/mol. The third-order valence-electron chi connectivity index (χ3n) is 6.19. The Hall–Kier alpha value is -1.89. The number of primary amides is 1. The number of nitrogens with two attached hydrogens (primary N) is 3. The number of aromatic nitrogens is 2. The van der Waals surface area contributed by atoms with Crippen LogP contribution in [0.2, 0.25) is 10.0 Å². The number of fused-ring (bicyclic) bond motifs is 2. The molecule has 2 bridgehead atoms. The predicted octanol–water partition coefficient (Wildman–Crippen LogP) is 3.75. The molecule has 2 unspecified atom stereocenters. The summed E-state index contributed by atoms with van der Waals surface area (Å²) in [5.74, 6) is 1.12. The highest BCUT2D eigenvalue weighted by Gasteiger charge is 2.40. The van der Waals surface area contributed by atoms with Crippen LogP contribution in [0.25, 0.3) is 11.1 Å². The van der Waals surface area contributed by atoms with E-state index in [4.69, 9.17) is 40.4 Å². The van der Waals surface area contributed by atoms with Gasteiger partial charge in [0.05, 0.1) is 15.6 Å². The lowest BCUT2D eigenvalue weighted by atomic mass is 9.65. The number of nitrogen functional groups attached to an aromatic ring is 1. The van der Waals surface area contributed by atoms with Gasteiger partial charge in [-0.05, 0) is 43.6 Å². The summed E-state index contributed by atoms with van der Waals surface area (Å²) in [4.78, 5) is 21.3. The van der Waals surface area contributed by atoms with Gasteiger partial charge in [0.15, 0.2) is 0 Å². The van der Waals surface area contributed by atoms with Gasteiger partial charge in [-0.2, -0.15) is 0 Å². The molecule has 2 fully saturated rings. The zero-order valence-corrected chi connectivity index (χ0v) is 16.9. The lowest BCUT2D eigenvalue weighted by Gasteiger charge is -2.43. The highest BCUT2D eigenvalue weighted by atomic mass is 35.5. The summed E-state index contributed by atoms with van der Waals surface area (Å²) in [6.07, 6.45) is 5.29. The standard InChI is InChI=1S/C20H23Cl2N5O/c21-13-6-2-5-12(15(13)22)14-17(19(25)28)26-20(27-18(14)24)11-7-9-3-1-4-10(8-11)16(9)23/h2,5-6,9-11,16H,1,3-4,7-8,23H2,(H2,25,28)(H2,24,26,27). The zero-order chi connectivity index (χ0) is 20.0. The summed E-state index contributed by atoms with van der Waals surface area (Å²) in [6.45, 7) is 0. The minimum Gasteiger partial charge on any atom is -0.383 e. The summed E-state index contributed by atoms with van der Waals surface area (Å²) in [6, 6.07) is 5.35. The molecule has 2 aliphatic carbocycles. The number of rotatable bonds is 3. The average molecular weight is 420 g/mol. The van der Waals surface area contributed by atoms with Crippen LogP contribution in [0.5, 0.6) is 0 Å². The largest absolute Gasteiger partial charge is 0.383 e. The molecule has 2 atom stereocenters. The summed E-state index contributed by atoms with van der Waals surface area (Å²) >= 11 is 12.5. The van der Waals surface area contributed by atoms with Gasteiger partial charge in [-0.3, -0.25) is 4.79 Å². The van der Waals surface area contributed by atoms with E-state index in [-0.39, 0.29) is 28.5 Å². The average Bonchev–Trinajstić information content (AvgIpc) is 2.63. The van der Waals surface area contributed by atoms with Crippen molar-refractivity contribution in [3.05, 3.63) is 39.8 Å². The molecule has 28 heavy (non-hydrogen) atoms. The molecule has 6 N–H and O–H groups in total. The Morgan fingerprint density at radius 1 is 1.11 bits per heavy atom. The molecule has 1 heterocycles. The minimum absolute atomic E-state index is 0.0756. The summed E-state index contributed by atoms with van der Waals surface area (Å²) in [7, 11) is 0. The van der Waals surface area contributed by atoms with Crippen molar-refractivity contribution in [1.82, 2.24) is 9.97 Å². The zero-order valence-electron chi connectivity index (χ0n) is 15.4. The molecule has 0 saturated heterocycles. The molecule has 0 aliphatic heterocycles. The lowest BCUT2D eigenvalue weighted by Crippen LogP contribution is -2.45. The SMILES string of the molecule is NC(=O)c1nc(C2CC3CCCC(C2)C3N)nc(N)c1-c1cccc(Cl)c1Cl. The maximum atomic E-state index is 12.2. The van der Waals surface area contributed by atoms with E-state index in [0.717, 1.165) is 25.7 Å². The van der Waals surface area contributed by atoms with Gasteiger partial charge in [0.25, 0.3) is 5.91 Å². The number of hydrogen-bond donors (Lipinski definition) is 3. The second kappa shape index (κ2) is 7.50. The Labute approximate surface area is 173 Å². The first-order valence-electron chi connectivity index (χ1n) is 9.54. The second-order valence-electron chi connectivity index (χ2n) is 7.85. The number of halogens is 2. The van der Waals surface area contributed by atoms with Crippen LogP contribution in [0.3, 0.4) is 0 Å². The summed E-state index contributed by atoms with van der Waals surface area (Å²) in [5.41, 5.74) is 19.2. The first-order valence-corrected chi connectivity index (χ1v) is 10.3. The van der Waals surface area contributed by atoms with E-state index in [2.05, 4.69) is 9.97 Å². The number of amides is 1.